The molecule has 2 aromatic rings. The van der Waals surface area contributed by atoms with Crippen LogP contribution in [0.15, 0.2) is 82.1 Å². The van der Waals surface area contributed by atoms with Gasteiger partial charge in [-0.3, -0.25) is 0 Å². The highest BCUT2D eigenvalue weighted by molar-refractivity contribution is 8.33. The second-order valence-corrected chi connectivity index (χ2v) is 9.03. The largest absolute Gasteiger partial charge is 0.187 e. The predicted molar refractivity (Wildman–Crippen MR) is 89.7 cm³/mol. The maximum absolute atomic E-state index is 2.45. The SMILES string of the molecule is CC1=CCCS(c2ccccc2)(c2ccccc2)CC1. The molecular weight excluding hydrogens is 260 g/mol. The molecule has 1 heterocycles. The zero-order chi connectivity index (χ0) is 13.8. The Hall–Kier alpha value is -1.47. The summed E-state index contributed by atoms with van der Waals surface area (Å²) in [5, 5.41) is 0. The van der Waals surface area contributed by atoms with E-state index in [2.05, 4.69) is 73.7 Å². The van der Waals surface area contributed by atoms with Gasteiger partial charge in [-0.2, -0.15) is 10.0 Å². The zero-order valence-corrected chi connectivity index (χ0v) is 12.9. The van der Waals surface area contributed by atoms with E-state index in [9.17, 15) is 0 Å². The third-order valence-electron chi connectivity index (χ3n) is 4.19. The molecule has 0 radical (unpaired) electrons. The van der Waals surface area contributed by atoms with E-state index < -0.39 is 10.0 Å². The standard InChI is InChI=1S/C19H22S/c1-17-9-8-15-20(16-14-17,18-10-4-2-5-11-18)19-12-6-3-7-13-19/h2-7,9-13H,8,14-16H2,1H3. The molecule has 1 heteroatoms. The van der Waals surface area contributed by atoms with Crippen LogP contribution in [0.3, 0.4) is 0 Å². The predicted octanol–water partition coefficient (Wildman–Crippen LogP) is 5.65. The van der Waals surface area contributed by atoms with Gasteiger partial charge in [-0.05, 0) is 65.3 Å². The van der Waals surface area contributed by atoms with Crippen molar-refractivity contribution in [3.8, 4) is 0 Å². The Labute approximate surface area is 123 Å². The lowest BCUT2D eigenvalue weighted by Crippen LogP contribution is -2.10. The van der Waals surface area contributed by atoms with Crippen molar-refractivity contribution in [3.05, 3.63) is 72.3 Å². The lowest BCUT2D eigenvalue weighted by atomic mass is 10.2. The smallest absolute Gasteiger partial charge is 0.00590 e. The van der Waals surface area contributed by atoms with Gasteiger partial charge in [0.05, 0.1) is 0 Å². The van der Waals surface area contributed by atoms with E-state index in [1.165, 1.54) is 24.3 Å². The summed E-state index contributed by atoms with van der Waals surface area (Å²) in [7, 11) is -0.877. The van der Waals surface area contributed by atoms with Crippen molar-refractivity contribution >= 4 is 10.0 Å². The molecule has 0 N–H and O–H groups in total. The van der Waals surface area contributed by atoms with E-state index in [1.807, 2.05) is 0 Å². The molecule has 0 saturated carbocycles. The van der Waals surface area contributed by atoms with E-state index in [0.717, 1.165) is 0 Å². The molecule has 0 bridgehead atoms. The summed E-state index contributed by atoms with van der Waals surface area (Å²) in [5.41, 5.74) is 1.56. The number of allylic oxidation sites excluding steroid dienone is 2. The summed E-state index contributed by atoms with van der Waals surface area (Å²) in [6, 6.07) is 22.4. The molecule has 3 rings (SSSR count). The van der Waals surface area contributed by atoms with Gasteiger partial charge in [0, 0.05) is 0 Å². The lowest BCUT2D eigenvalue weighted by molar-refractivity contribution is 1.09. The zero-order valence-electron chi connectivity index (χ0n) is 12.1. The first-order chi connectivity index (χ1) is 9.81. The molecule has 0 saturated heterocycles. The molecule has 0 aliphatic carbocycles. The van der Waals surface area contributed by atoms with Crippen molar-refractivity contribution in [2.75, 3.05) is 11.5 Å². The Morgan fingerprint density at radius 2 is 1.30 bits per heavy atom. The Morgan fingerprint density at radius 3 is 1.85 bits per heavy atom. The topological polar surface area (TPSA) is 0 Å². The van der Waals surface area contributed by atoms with E-state index in [0.29, 0.717) is 0 Å². The molecule has 104 valence electrons. The Kier molecular flexibility index (Phi) is 3.98. The van der Waals surface area contributed by atoms with E-state index >= 15 is 0 Å². The van der Waals surface area contributed by atoms with Crippen LogP contribution in [0.2, 0.25) is 0 Å². The summed E-state index contributed by atoms with van der Waals surface area (Å²) >= 11 is 0. The van der Waals surface area contributed by atoms with Gasteiger partial charge in [0.1, 0.15) is 0 Å². The molecule has 0 nitrogen and oxygen atoms in total. The maximum Gasteiger partial charge on any atom is -0.00590 e. The summed E-state index contributed by atoms with van der Waals surface area (Å²) in [5.74, 6) is 2.59. The first-order valence-electron chi connectivity index (χ1n) is 7.36. The second kappa shape index (κ2) is 5.88. The first kappa shape index (κ1) is 13.5. The van der Waals surface area contributed by atoms with Crippen LogP contribution < -0.4 is 0 Å². The summed E-state index contributed by atoms with van der Waals surface area (Å²) < 4.78 is 0. The van der Waals surface area contributed by atoms with Crippen LogP contribution in [0.4, 0.5) is 0 Å². The number of hydrogen-bond donors (Lipinski definition) is 0. The molecule has 0 amide bonds. The minimum atomic E-state index is -0.877. The van der Waals surface area contributed by atoms with E-state index in [4.69, 9.17) is 0 Å². The van der Waals surface area contributed by atoms with Gasteiger partial charge in [-0.25, -0.2) is 0 Å². The Bertz CT molecular complexity index is 544. The molecule has 0 atom stereocenters. The molecule has 0 fully saturated rings. The average Bonchev–Trinajstić information content (AvgIpc) is 2.72. The molecule has 0 unspecified atom stereocenters. The number of rotatable bonds is 2. The summed E-state index contributed by atoms with van der Waals surface area (Å²) in [4.78, 5) is 3.10. The fourth-order valence-electron chi connectivity index (χ4n) is 3.02. The first-order valence-corrected chi connectivity index (χ1v) is 9.33. The monoisotopic (exact) mass is 282 g/mol. The third-order valence-corrected chi connectivity index (χ3v) is 8.38. The van der Waals surface area contributed by atoms with Crippen LogP contribution in [-0.2, 0) is 0 Å². The van der Waals surface area contributed by atoms with Crippen LogP contribution >= 0.6 is 10.0 Å². The number of benzene rings is 2. The average molecular weight is 282 g/mol. The minimum absolute atomic E-state index is 0.877. The highest BCUT2D eigenvalue weighted by atomic mass is 32.3. The Balaban J connectivity index is 2.09. The Morgan fingerprint density at radius 1 is 0.750 bits per heavy atom. The van der Waals surface area contributed by atoms with Crippen molar-refractivity contribution in [2.24, 2.45) is 0 Å². The van der Waals surface area contributed by atoms with Crippen LogP contribution in [0.1, 0.15) is 19.8 Å². The molecule has 0 aromatic heterocycles. The van der Waals surface area contributed by atoms with Gasteiger partial charge in [0.2, 0.25) is 0 Å². The van der Waals surface area contributed by atoms with Crippen molar-refractivity contribution in [1.29, 1.82) is 0 Å². The second-order valence-electron chi connectivity index (χ2n) is 5.51. The quantitative estimate of drug-likeness (QED) is 0.624. The molecule has 1 aliphatic heterocycles. The highest BCUT2D eigenvalue weighted by Gasteiger charge is 2.28. The molecule has 0 spiro atoms. The van der Waals surface area contributed by atoms with Gasteiger partial charge in [-0.15, -0.1) is 0 Å². The third kappa shape index (κ3) is 2.55. The van der Waals surface area contributed by atoms with Crippen molar-refractivity contribution < 1.29 is 0 Å². The summed E-state index contributed by atoms with van der Waals surface area (Å²) in [6.45, 7) is 2.28. The molecular formula is C19H22S. The molecule has 1 aliphatic rings. The maximum atomic E-state index is 2.45. The fourth-order valence-corrected chi connectivity index (χ4v) is 6.98. The van der Waals surface area contributed by atoms with Crippen molar-refractivity contribution in [1.82, 2.24) is 0 Å². The van der Waals surface area contributed by atoms with Crippen LogP contribution in [-0.4, -0.2) is 11.5 Å². The fraction of sp³-hybridized carbons (Fsp3) is 0.263. The van der Waals surface area contributed by atoms with Crippen LogP contribution in [0, 0.1) is 0 Å². The normalized spacial score (nSPS) is 19.8. The lowest BCUT2D eigenvalue weighted by Gasteiger charge is -2.40. The minimum Gasteiger partial charge on any atom is -0.187 e. The molecule has 20 heavy (non-hydrogen) atoms. The van der Waals surface area contributed by atoms with Gasteiger partial charge < -0.3 is 0 Å². The van der Waals surface area contributed by atoms with Gasteiger partial charge >= 0.3 is 0 Å². The van der Waals surface area contributed by atoms with Crippen molar-refractivity contribution in [3.63, 3.8) is 0 Å². The van der Waals surface area contributed by atoms with E-state index in [-0.39, 0.29) is 0 Å². The van der Waals surface area contributed by atoms with Gasteiger partial charge in [-0.1, -0.05) is 48.0 Å². The van der Waals surface area contributed by atoms with Crippen molar-refractivity contribution in [2.45, 2.75) is 29.6 Å². The van der Waals surface area contributed by atoms with Gasteiger partial charge in [0.15, 0.2) is 0 Å². The van der Waals surface area contributed by atoms with Crippen LogP contribution in [0.5, 0.6) is 0 Å². The molecule has 2 aromatic carbocycles. The van der Waals surface area contributed by atoms with Gasteiger partial charge in [0.25, 0.3) is 0 Å². The van der Waals surface area contributed by atoms with E-state index in [1.54, 1.807) is 15.4 Å². The van der Waals surface area contributed by atoms with Crippen LogP contribution in [0.25, 0.3) is 0 Å². The number of hydrogen-bond acceptors (Lipinski definition) is 0. The highest BCUT2D eigenvalue weighted by Crippen LogP contribution is 2.64. The summed E-state index contributed by atoms with van der Waals surface area (Å²) in [6.07, 6.45) is 4.89.